The third-order valence-corrected chi connectivity index (χ3v) is 4.54. The van der Waals surface area contributed by atoms with Crippen LogP contribution in [-0.4, -0.2) is 53.8 Å². The Morgan fingerprint density at radius 2 is 2.00 bits per heavy atom. The van der Waals surface area contributed by atoms with Crippen molar-refractivity contribution in [2.24, 2.45) is 0 Å². The molecule has 1 fully saturated rings. The lowest BCUT2D eigenvalue weighted by Crippen LogP contribution is -3.12. The molecule has 0 aliphatic carbocycles. The lowest BCUT2D eigenvalue weighted by atomic mass is 10.0. The number of nitrogens with zero attached hydrogens (tertiary/aromatic N) is 3. The lowest BCUT2D eigenvalue weighted by Gasteiger charge is -2.30. The van der Waals surface area contributed by atoms with Crippen molar-refractivity contribution in [3.05, 3.63) is 47.5 Å². The van der Waals surface area contributed by atoms with Crippen molar-refractivity contribution in [1.82, 2.24) is 14.7 Å². The van der Waals surface area contributed by atoms with E-state index in [-0.39, 0.29) is 17.6 Å². The first kappa shape index (κ1) is 16.6. The van der Waals surface area contributed by atoms with Gasteiger partial charge in [-0.15, -0.1) is 0 Å². The molecule has 1 amide bonds. The van der Waals surface area contributed by atoms with Crippen molar-refractivity contribution in [2.45, 2.75) is 19.8 Å². The number of hydrogen-bond acceptors (Lipinski definition) is 2. The van der Waals surface area contributed by atoms with Gasteiger partial charge in [-0.1, -0.05) is 19.9 Å². The third kappa shape index (κ3) is 3.19. The first-order valence-electron chi connectivity index (χ1n) is 8.42. The number of nitrogens with one attached hydrogen (secondary N) is 1. The number of aromatic nitrogens is 2. The van der Waals surface area contributed by atoms with Gasteiger partial charge < -0.3 is 9.80 Å². The van der Waals surface area contributed by atoms with Gasteiger partial charge in [0, 0.05) is 0 Å². The fourth-order valence-electron chi connectivity index (χ4n) is 3.15. The van der Waals surface area contributed by atoms with E-state index in [0.717, 1.165) is 31.9 Å². The summed E-state index contributed by atoms with van der Waals surface area (Å²) < 4.78 is 15.2. The second-order valence-electron chi connectivity index (χ2n) is 6.74. The number of benzene rings is 1. The number of carbonyl (C=O) groups is 1. The highest BCUT2D eigenvalue weighted by atomic mass is 19.1. The average molecular weight is 331 g/mol. The molecule has 0 unspecified atom stereocenters. The van der Waals surface area contributed by atoms with Crippen LogP contribution < -0.4 is 4.90 Å². The van der Waals surface area contributed by atoms with E-state index < -0.39 is 0 Å². The zero-order valence-corrected chi connectivity index (χ0v) is 14.4. The highest BCUT2D eigenvalue weighted by molar-refractivity contribution is 5.95. The van der Waals surface area contributed by atoms with Gasteiger partial charge in [-0.2, -0.15) is 5.10 Å². The SMILES string of the molecule is CC(C)c1c(C(=O)N2CC[NH+](C)CC2)cnn1-c1cccc(F)c1. The second kappa shape index (κ2) is 6.73. The number of rotatable bonds is 3. The molecule has 1 saturated heterocycles. The molecule has 1 aliphatic rings. The molecule has 0 bridgehead atoms. The normalized spacial score (nSPS) is 16.0. The maximum Gasteiger partial charge on any atom is 0.257 e. The predicted octanol–water partition coefficient (Wildman–Crippen LogP) is 1.11. The van der Waals surface area contributed by atoms with Crippen LogP contribution in [0.3, 0.4) is 0 Å². The molecule has 1 N–H and O–H groups in total. The van der Waals surface area contributed by atoms with E-state index in [4.69, 9.17) is 0 Å². The van der Waals surface area contributed by atoms with Crippen molar-refractivity contribution in [3.8, 4) is 5.69 Å². The Kier molecular flexibility index (Phi) is 4.66. The first-order valence-corrected chi connectivity index (χ1v) is 8.42. The quantitative estimate of drug-likeness (QED) is 0.915. The minimum absolute atomic E-state index is 0.0221. The molecule has 24 heavy (non-hydrogen) atoms. The zero-order chi connectivity index (χ0) is 17.3. The summed E-state index contributed by atoms with van der Waals surface area (Å²) in [5, 5.41) is 4.38. The topological polar surface area (TPSA) is 42.6 Å². The maximum atomic E-state index is 13.6. The van der Waals surface area contributed by atoms with E-state index in [0.29, 0.717) is 11.3 Å². The van der Waals surface area contributed by atoms with Crippen LogP contribution in [0.2, 0.25) is 0 Å². The molecule has 1 aliphatic heterocycles. The largest absolute Gasteiger partial charge is 0.334 e. The molecule has 2 heterocycles. The molecule has 0 spiro atoms. The minimum atomic E-state index is -0.312. The molecular weight excluding hydrogens is 307 g/mol. The van der Waals surface area contributed by atoms with Gasteiger partial charge in [0.15, 0.2) is 0 Å². The van der Waals surface area contributed by atoms with Crippen molar-refractivity contribution >= 4 is 5.91 Å². The summed E-state index contributed by atoms with van der Waals surface area (Å²) in [6.45, 7) is 7.48. The fraction of sp³-hybridized carbons (Fsp3) is 0.444. The summed E-state index contributed by atoms with van der Waals surface area (Å²) in [6, 6.07) is 6.30. The van der Waals surface area contributed by atoms with E-state index in [1.54, 1.807) is 23.0 Å². The van der Waals surface area contributed by atoms with Gasteiger partial charge in [0.05, 0.1) is 56.4 Å². The zero-order valence-electron chi connectivity index (χ0n) is 14.4. The van der Waals surface area contributed by atoms with Crippen LogP contribution in [0.15, 0.2) is 30.5 Å². The summed E-state index contributed by atoms with van der Waals surface area (Å²) in [7, 11) is 2.14. The van der Waals surface area contributed by atoms with Crippen LogP contribution in [0.5, 0.6) is 0 Å². The number of hydrogen-bond donors (Lipinski definition) is 1. The van der Waals surface area contributed by atoms with Gasteiger partial charge in [0.1, 0.15) is 5.82 Å². The summed E-state index contributed by atoms with van der Waals surface area (Å²) in [4.78, 5) is 16.3. The van der Waals surface area contributed by atoms with Crippen LogP contribution in [-0.2, 0) is 0 Å². The van der Waals surface area contributed by atoms with Crippen LogP contribution in [0, 0.1) is 5.82 Å². The predicted molar refractivity (Wildman–Crippen MR) is 90.1 cm³/mol. The first-order chi connectivity index (χ1) is 11.5. The molecule has 1 aromatic heterocycles. The Labute approximate surface area is 141 Å². The molecule has 0 saturated carbocycles. The Morgan fingerprint density at radius 3 is 2.62 bits per heavy atom. The van der Waals surface area contributed by atoms with Gasteiger partial charge in [0.2, 0.25) is 0 Å². The molecule has 0 radical (unpaired) electrons. The van der Waals surface area contributed by atoms with Gasteiger partial charge in [-0.25, -0.2) is 9.07 Å². The van der Waals surface area contributed by atoms with Gasteiger partial charge >= 0.3 is 0 Å². The standard InChI is InChI=1S/C18H23FN4O/c1-13(2)17-16(18(24)22-9-7-21(3)8-10-22)12-20-23(17)15-6-4-5-14(19)11-15/h4-6,11-13H,7-10H2,1-3H3/p+1. The molecule has 3 rings (SSSR count). The Balaban J connectivity index is 1.96. The van der Waals surface area contributed by atoms with E-state index >= 15 is 0 Å². The van der Waals surface area contributed by atoms with E-state index in [1.807, 2.05) is 18.7 Å². The van der Waals surface area contributed by atoms with Crippen molar-refractivity contribution in [1.29, 1.82) is 0 Å². The third-order valence-electron chi connectivity index (χ3n) is 4.54. The number of piperazine rings is 1. The maximum absolute atomic E-state index is 13.6. The van der Waals surface area contributed by atoms with Crippen LogP contribution in [0.1, 0.15) is 35.8 Å². The molecule has 2 aromatic rings. The van der Waals surface area contributed by atoms with Crippen LogP contribution in [0.25, 0.3) is 5.69 Å². The number of likely N-dealkylation sites (N-methyl/N-ethyl adjacent to an activating group) is 1. The highest BCUT2D eigenvalue weighted by Crippen LogP contribution is 2.24. The molecule has 1 aromatic carbocycles. The summed E-state index contributed by atoms with van der Waals surface area (Å²) in [5.74, 6) is -0.186. The van der Waals surface area contributed by atoms with Crippen molar-refractivity contribution in [2.75, 3.05) is 33.2 Å². The summed E-state index contributed by atoms with van der Waals surface area (Å²) >= 11 is 0. The van der Waals surface area contributed by atoms with E-state index in [2.05, 4.69) is 12.1 Å². The van der Waals surface area contributed by atoms with Gasteiger partial charge in [0.25, 0.3) is 5.91 Å². The number of halogens is 1. The van der Waals surface area contributed by atoms with Crippen LogP contribution in [0.4, 0.5) is 4.39 Å². The molecular formula is C18H24FN4O+. The van der Waals surface area contributed by atoms with E-state index in [9.17, 15) is 9.18 Å². The lowest BCUT2D eigenvalue weighted by molar-refractivity contribution is -0.883. The Morgan fingerprint density at radius 1 is 1.29 bits per heavy atom. The number of carbonyl (C=O) groups excluding carboxylic acids is 1. The van der Waals surface area contributed by atoms with Crippen LogP contribution >= 0.6 is 0 Å². The van der Waals surface area contributed by atoms with Crippen molar-refractivity contribution in [3.63, 3.8) is 0 Å². The second-order valence-corrected chi connectivity index (χ2v) is 6.74. The highest BCUT2D eigenvalue weighted by Gasteiger charge is 2.27. The smallest absolute Gasteiger partial charge is 0.257 e. The molecule has 0 atom stereocenters. The minimum Gasteiger partial charge on any atom is -0.334 e. The summed E-state index contributed by atoms with van der Waals surface area (Å²) in [5.41, 5.74) is 2.09. The van der Waals surface area contributed by atoms with Gasteiger partial charge in [-0.05, 0) is 24.1 Å². The fourth-order valence-corrected chi connectivity index (χ4v) is 3.15. The summed E-state index contributed by atoms with van der Waals surface area (Å²) in [6.07, 6.45) is 1.62. The van der Waals surface area contributed by atoms with Gasteiger partial charge in [-0.3, -0.25) is 4.79 Å². The number of amides is 1. The Bertz CT molecular complexity index is 732. The molecule has 5 nitrogen and oxygen atoms in total. The number of quaternary nitrogens is 1. The van der Waals surface area contributed by atoms with E-state index in [1.165, 1.54) is 17.0 Å². The molecule has 128 valence electrons. The van der Waals surface area contributed by atoms with Crippen molar-refractivity contribution < 1.29 is 14.1 Å². The molecule has 6 heteroatoms. The monoisotopic (exact) mass is 331 g/mol. The average Bonchev–Trinajstić information content (AvgIpc) is 3.00. The Hall–Kier alpha value is -2.21.